The van der Waals surface area contributed by atoms with Crippen molar-refractivity contribution in [3.8, 4) is 5.75 Å². The van der Waals surface area contributed by atoms with Gasteiger partial charge < -0.3 is 4.74 Å². The normalized spacial score (nSPS) is 16.3. The lowest BCUT2D eigenvalue weighted by Gasteiger charge is -2.13. The summed E-state index contributed by atoms with van der Waals surface area (Å²) in [4.78, 5) is 14.8. The Bertz CT molecular complexity index is 805. The first kappa shape index (κ1) is 16.2. The van der Waals surface area contributed by atoms with Gasteiger partial charge in [-0.15, -0.1) is 0 Å². The highest BCUT2D eigenvalue weighted by Gasteiger charge is 2.33. The number of para-hydroxylation sites is 1. The molecule has 1 amide bonds. The molecule has 0 aliphatic carbocycles. The van der Waals surface area contributed by atoms with Crippen LogP contribution in [0.5, 0.6) is 5.75 Å². The highest BCUT2D eigenvalue weighted by Crippen LogP contribution is 2.37. The minimum Gasteiger partial charge on any atom is -0.496 e. The highest BCUT2D eigenvalue weighted by atomic mass is 79.9. The number of carbonyl (C=O) groups is 1. The minimum absolute atomic E-state index is 0.117. The number of carbonyl (C=O) groups excluding carboxylic acids is 1. The van der Waals surface area contributed by atoms with E-state index in [1.165, 1.54) is 11.8 Å². The van der Waals surface area contributed by atoms with Gasteiger partial charge in [0.25, 0.3) is 5.91 Å². The number of benzene rings is 2. The van der Waals surface area contributed by atoms with Crippen molar-refractivity contribution in [2.75, 3.05) is 12.0 Å². The number of hydrogen-bond acceptors (Lipinski definition) is 4. The summed E-state index contributed by atoms with van der Waals surface area (Å²) in [6.45, 7) is 0. The molecule has 0 aromatic heterocycles. The van der Waals surface area contributed by atoms with Crippen LogP contribution in [-0.2, 0) is 4.79 Å². The molecule has 0 unspecified atom stereocenters. The molecule has 1 aliphatic heterocycles. The van der Waals surface area contributed by atoms with E-state index in [0.717, 1.165) is 15.7 Å². The fourth-order valence-electron chi connectivity index (χ4n) is 2.23. The lowest BCUT2D eigenvalue weighted by molar-refractivity contribution is -0.113. The Hall–Kier alpha value is -1.63. The van der Waals surface area contributed by atoms with Crippen LogP contribution in [0.25, 0.3) is 6.08 Å². The molecule has 1 heterocycles. The lowest BCUT2D eigenvalue weighted by Crippen LogP contribution is -2.27. The summed E-state index contributed by atoms with van der Waals surface area (Å²) in [6.07, 6.45) is 1.81. The second kappa shape index (κ2) is 6.86. The number of ether oxygens (including phenoxy) is 1. The van der Waals surface area contributed by atoms with Crippen molar-refractivity contribution in [3.05, 3.63) is 63.5 Å². The average molecular weight is 406 g/mol. The van der Waals surface area contributed by atoms with Gasteiger partial charge in [0.15, 0.2) is 4.32 Å². The minimum atomic E-state index is -0.117. The summed E-state index contributed by atoms with van der Waals surface area (Å²) in [7, 11) is 1.61. The van der Waals surface area contributed by atoms with Gasteiger partial charge in [-0.05, 0) is 36.4 Å². The van der Waals surface area contributed by atoms with Crippen LogP contribution >= 0.6 is 39.9 Å². The van der Waals surface area contributed by atoms with E-state index in [4.69, 9.17) is 17.0 Å². The van der Waals surface area contributed by atoms with Crippen LogP contribution in [0.15, 0.2) is 57.9 Å². The van der Waals surface area contributed by atoms with E-state index in [2.05, 4.69) is 15.9 Å². The fraction of sp³-hybridized carbons (Fsp3) is 0.0588. The molecule has 1 fully saturated rings. The molecule has 1 saturated heterocycles. The van der Waals surface area contributed by atoms with Crippen LogP contribution in [0.1, 0.15) is 5.56 Å². The van der Waals surface area contributed by atoms with E-state index in [1.54, 1.807) is 12.0 Å². The summed E-state index contributed by atoms with van der Waals surface area (Å²) in [5.74, 6) is 0.589. The standard InChI is InChI=1S/C17H12BrNO2S2/c1-21-14-8-7-12(18)9-11(14)10-15-16(20)19(17(22)23-15)13-5-3-2-4-6-13/h2-10H,1H3/b15-10+. The van der Waals surface area contributed by atoms with Crippen molar-refractivity contribution in [2.24, 2.45) is 0 Å². The van der Waals surface area contributed by atoms with Gasteiger partial charge >= 0.3 is 0 Å². The molecule has 0 radical (unpaired) electrons. The highest BCUT2D eigenvalue weighted by molar-refractivity contribution is 9.10. The number of thiocarbonyl (C=S) groups is 1. The molecule has 2 aromatic rings. The molecule has 23 heavy (non-hydrogen) atoms. The van der Waals surface area contributed by atoms with Gasteiger partial charge in [-0.3, -0.25) is 9.69 Å². The molecule has 0 N–H and O–H groups in total. The maximum atomic E-state index is 12.7. The molecule has 0 saturated carbocycles. The Balaban J connectivity index is 1.98. The van der Waals surface area contributed by atoms with Gasteiger partial charge in [0.2, 0.25) is 0 Å². The zero-order valence-corrected chi connectivity index (χ0v) is 15.4. The van der Waals surface area contributed by atoms with Crippen molar-refractivity contribution >= 4 is 61.9 Å². The lowest BCUT2D eigenvalue weighted by atomic mass is 10.2. The second-order valence-electron chi connectivity index (χ2n) is 4.74. The smallest absolute Gasteiger partial charge is 0.270 e. The number of hydrogen-bond donors (Lipinski definition) is 0. The second-order valence-corrected chi connectivity index (χ2v) is 7.33. The van der Waals surface area contributed by atoms with Crippen molar-refractivity contribution < 1.29 is 9.53 Å². The molecule has 0 spiro atoms. The van der Waals surface area contributed by atoms with E-state index in [0.29, 0.717) is 15.0 Å². The Morgan fingerprint density at radius 1 is 1.22 bits per heavy atom. The van der Waals surface area contributed by atoms with E-state index >= 15 is 0 Å². The van der Waals surface area contributed by atoms with E-state index in [9.17, 15) is 4.79 Å². The summed E-state index contributed by atoms with van der Waals surface area (Å²) in [6, 6.07) is 15.1. The van der Waals surface area contributed by atoms with Crippen molar-refractivity contribution in [1.29, 1.82) is 0 Å². The van der Waals surface area contributed by atoms with Crippen LogP contribution in [0, 0.1) is 0 Å². The summed E-state index contributed by atoms with van der Waals surface area (Å²) in [5.41, 5.74) is 1.61. The molecular weight excluding hydrogens is 394 g/mol. The largest absolute Gasteiger partial charge is 0.496 e. The van der Waals surface area contributed by atoms with Crippen LogP contribution in [0.3, 0.4) is 0 Å². The molecule has 116 valence electrons. The SMILES string of the molecule is COc1ccc(Br)cc1/C=C1/SC(=S)N(c2ccccc2)C1=O. The van der Waals surface area contributed by atoms with Gasteiger partial charge in [0, 0.05) is 10.0 Å². The Morgan fingerprint density at radius 3 is 2.65 bits per heavy atom. The molecule has 0 bridgehead atoms. The van der Waals surface area contributed by atoms with E-state index < -0.39 is 0 Å². The Kier molecular flexibility index (Phi) is 4.84. The molecule has 2 aromatic carbocycles. The summed E-state index contributed by atoms with van der Waals surface area (Å²) < 4.78 is 6.80. The van der Waals surface area contributed by atoms with Crippen molar-refractivity contribution in [3.63, 3.8) is 0 Å². The van der Waals surface area contributed by atoms with Crippen molar-refractivity contribution in [1.82, 2.24) is 0 Å². The van der Waals surface area contributed by atoms with Gasteiger partial charge in [-0.25, -0.2) is 0 Å². The predicted molar refractivity (Wildman–Crippen MR) is 103 cm³/mol. The fourth-order valence-corrected chi connectivity index (χ4v) is 3.90. The number of thioether (sulfide) groups is 1. The van der Waals surface area contributed by atoms with Gasteiger partial charge in [0.05, 0.1) is 17.7 Å². The number of nitrogens with zero attached hydrogens (tertiary/aromatic N) is 1. The molecule has 6 heteroatoms. The van der Waals surface area contributed by atoms with Gasteiger partial charge in [0.1, 0.15) is 5.75 Å². The maximum absolute atomic E-state index is 12.7. The molecule has 0 atom stereocenters. The number of methoxy groups -OCH3 is 1. The quantitative estimate of drug-likeness (QED) is 0.538. The number of amides is 1. The van der Waals surface area contributed by atoms with E-state index in [1.807, 2.05) is 54.6 Å². The first-order chi connectivity index (χ1) is 11.1. The van der Waals surface area contributed by atoms with Crippen LogP contribution < -0.4 is 9.64 Å². The van der Waals surface area contributed by atoms with Gasteiger partial charge in [-0.1, -0.05) is 58.1 Å². The predicted octanol–water partition coefficient (Wildman–Crippen LogP) is 4.86. The third-order valence-electron chi connectivity index (χ3n) is 3.29. The third kappa shape index (κ3) is 3.34. The number of anilines is 1. The average Bonchev–Trinajstić information content (AvgIpc) is 2.82. The first-order valence-corrected chi connectivity index (χ1v) is 8.78. The van der Waals surface area contributed by atoms with Crippen LogP contribution in [-0.4, -0.2) is 17.3 Å². The maximum Gasteiger partial charge on any atom is 0.270 e. The summed E-state index contributed by atoms with van der Waals surface area (Å²) >= 11 is 10.1. The van der Waals surface area contributed by atoms with Crippen LogP contribution in [0.4, 0.5) is 5.69 Å². The van der Waals surface area contributed by atoms with E-state index in [-0.39, 0.29) is 5.91 Å². The monoisotopic (exact) mass is 405 g/mol. The molecule has 3 rings (SSSR count). The number of halogens is 1. The van der Waals surface area contributed by atoms with Gasteiger partial charge in [-0.2, -0.15) is 0 Å². The Labute approximate surface area is 152 Å². The first-order valence-electron chi connectivity index (χ1n) is 6.76. The van der Waals surface area contributed by atoms with Crippen LogP contribution in [0.2, 0.25) is 0 Å². The number of rotatable bonds is 3. The topological polar surface area (TPSA) is 29.5 Å². The molecule has 3 nitrogen and oxygen atoms in total. The van der Waals surface area contributed by atoms with Crippen molar-refractivity contribution in [2.45, 2.75) is 0 Å². The Morgan fingerprint density at radius 2 is 1.96 bits per heavy atom. The zero-order chi connectivity index (χ0) is 16.4. The molecule has 1 aliphatic rings. The third-order valence-corrected chi connectivity index (χ3v) is 5.08. The zero-order valence-electron chi connectivity index (χ0n) is 12.2. The molecular formula is C17H12BrNO2S2. The summed E-state index contributed by atoms with van der Waals surface area (Å²) in [5, 5.41) is 0.